The van der Waals surface area contributed by atoms with Crippen molar-refractivity contribution in [3.05, 3.63) is 66.9 Å². The molecule has 0 fully saturated rings. The van der Waals surface area contributed by atoms with E-state index in [2.05, 4.69) is 9.82 Å². The molecule has 3 aromatic rings. The van der Waals surface area contributed by atoms with Crippen LogP contribution in [0.2, 0.25) is 10.0 Å². The van der Waals surface area contributed by atoms with Gasteiger partial charge in [-0.2, -0.15) is 9.78 Å². The average Bonchev–Trinajstić information content (AvgIpc) is 2.77. The van der Waals surface area contributed by atoms with Crippen LogP contribution in [-0.2, 0) is 14.8 Å². The van der Waals surface area contributed by atoms with Crippen molar-refractivity contribution in [3.8, 4) is 22.9 Å². The Labute approximate surface area is 205 Å². The Morgan fingerprint density at radius 2 is 1.86 bits per heavy atom. The molecule has 1 aromatic heterocycles. The lowest BCUT2D eigenvalue weighted by molar-refractivity contribution is 0.141. The van der Waals surface area contributed by atoms with Crippen LogP contribution in [0.4, 0.5) is 8.78 Å². The van der Waals surface area contributed by atoms with Crippen LogP contribution in [0.1, 0.15) is 12.1 Å². The van der Waals surface area contributed by atoms with Gasteiger partial charge >= 0.3 is 5.69 Å². The van der Waals surface area contributed by atoms with Crippen molar-refractivity contribution < 1.29 is 31.8 Å². The Kier molecular flexibility index (Phi) is 8.12. The second kappa shape index (κ2) is 10.7. The molecule has 0 aliphatic heterocycles. The van der Waals surface area contributed by atoms with Crippen molar-refractivity contribution >= 4 is 33.2 Å². The highest BCUT2D eigenvalue weighted by atomic mass is 35.5. The van der Waals surface area contributed by atoms with E-state index in [1.165, 1.54) is 13.2 Å². The number of rotatable bonds is 9. The molecule has 35 heavy (non-hydrogen) atoms. The topological polar surface area (TPSA) is 153 Å². The first-order valence-electron chi connectivity index (χ1n) is 9.45. The van der Waals surface area contributed by atoms with Gasteiger partial charge in [0, 0.05) is 19.7 Å². The summed E-state index contributed by atoms with van der Waals surface area (Å²) in [4.78, 5) is 24.8. The van der Waals surface area contributed by atoms with Crippen molar-refractivity contribution in [2.24, 2.45) is 0 Å². The van der Waals surface area contributed by atoms with Crippen LogP contribution in [0.15, 0.2) is 44.8 Å². The number of phenolic OH excluding ortho intramolecular Hbond substituents is 1. The number of alkyl halides is 2. The fourth-order valence-corrected chi connectivity index (χ4v) is 4.42. The van der Waals surface area contributed by atoms with Gasteiger partial charge in [0.1, 0.15) is 16.4 Å². The lowest BCUT2D eigenvalue weighted by atomic mass is 10.3. The van der Waals surface area contributed by atoms with Crippen molar-refractivity contribution in [2.75, 3.05) is 20.3 Å². The highest BCUT2D eigenvalue weighted by Crippen LogP contribution is 2.39. The lowest BCUT2D eigenvalue weighted by Gasteiger charge is -2.14. The number of hydrogen-bond donors (Lipinski definition) is 3. The number of sulfonamides is 1. The maximum Gasteiger partial charge on any atom is 0.349 e. The van der Waals surface area contributed by atoms with Crippen LogP contribution in [0.25, 0.3) is 5.69 Å². The summed E-state index contributed by atoms with van der Waals surface area (Å²) in [6, 6.07) is 5.55. The molecule has 188 valence electrons. The third-order valence-electron chi connectivity index (χ3n) is 4.33. The minimum Gasteiger partial charge on any atom is -0.507 e. The first-order chi connectivity index (χ1) is 16.4. The standard InChI is InChI=1S/C19H16Cl2F2N4O7S/c1-33-5-4-24-35(31,32)14-8-10(2-3-13(14)28)34-16-11(20)6-9(7-12(16)21)27-19(30)25-18(29)15(26-27)17(22)23/h2-3,6-8,17,24,28H,4-5H2,1H3,(H,25,29,30). The molecule has 3 N–H and O–H groups in total. The monoisotopic (exact) mass is 552 g/mol. The summed E-state index contributed by atoms with van der Waals surface area (Å²) < 4.78 is 64.0. The predicted octanol–water partition coefficient (Wildman–Crippen LogP) is 2.59. The fourth-order valence-electron chi connectivity index (χ4n) is 2.74. The number of benzene rings is 2. The molecule has 0 saturated heterocycles. The minimum absolute atomic E-state index is 0.0477. The summed E-state index contributed by atoms with van der Waals surface area (Å²) in [5.74, 6) is -0.802. The Bertz CT molecular complexity index is 1460. The largest absolute Gasteiger partial charge is 0.507 e. The van der Waals surface area contributed by atoms with Crippen LogP contribution < -0.4 is 20.7 Å². The number of aromatic hydroxyl groups is 1. The van der Waals surface area contributed by atoms with Gasteiger partial charge in [-0.1, -0.05) is 23.2 Å². The Hall–Kier alpha value is -3.04. The van der Waals surface area contributed by atoms with E-state index < -0.39 is 44.0 Å². The van der Waals surface area contributed by atoms with Crippen molar-refractivity contribution in [2.45, 2.75) is 11.3 Å². The highest BCUT2D eigenvalue weighted by molar-refractivity contribution is 7.89. The van der Waals surface area contributed by atoms with E-state index in [1.54, 1.807) is 4.98 Å². The summed E-state index contributed by atoms with van der Waals surface area (Å²) in [7, 11) is -2.73. The molecule has 0 amide bonds. The SMILES string of the molecule is COCCNS(=O)(=O)c1cc(Oc2c(Cl)cc(-n3nc(C(F)F)c(=O)[nH]c3=O)cc2Cl)ccc1O. The average molecular weight is 553 g/mol. The number of nitrogens with one attached hydrogen (secondary N) is 2. The Balaban J connectivity index is 1.98. The van der Waals surface area contributed by atoms with E-state index >= 15 is 0 Å². The van der Waals surface area contributed by atoms with Gasteiger partial charge in [0.2, 0.25) is 10.0 Å². The molecular weight excluding hydrogens is 537 g/mol. The number of nitrogens with zero attached hydrogens (tertiary/aromatic N) is 2. The van der Waals surface area contributed by atoms with Crippen LogP contribution >= 0.6 is 23.2 Å². The quantitative estimate of drug-likeness (QED) is 0.342. The molecule has 0 aliphatic rings. The Morgan fingerprint density at radius 1 is 1.20 bits per heavy atom. The summed E-state index contributed by atoms with van der Waals surface area (Å²) in [6.45, 7) is 0.0493. The van der Waals surface area contributed by atoms with E-state index in [9.17, 15) is 31.9 Å². The van der Waals surface area contributed by atoms with Crippen molar-refractivity contribution in [1.29, 1.82) is 0 Å². The Morgan fingerprint density at radius 3 is 2.46 bits per heavy atom. The zero-order chi connectivity index (χ0) is 25.9. The van der Waals surface area contributed by atoms with E-state index in [4.69, 9.17) is 32.7 Å². The highest BCUT2D eigenvalue weighted by Gasteiger charge is 2.22. The molecule has 1 heterocycles. The van der Waals surface area contributed by atoms with Crippen molar-refractivity contribution in [1.82, 2.24) is 19.5 Å². The van der Waals surface area contributed by atoms with Crippen LogP contribution in [0.5, 0.6) is 17.2 Å². The van der Waals surface area contributed by atoms with Crippen LogP contribution in [0, 0.1) is 0 Å². The number of ether oxygens (including phenoxy) is 2. The van der Waals surface area contributed by atoms with Gasteiger partial charge in [-0.15, -0.1) is 0 Å². The molecule has 0 spiro atoms. The first kappa shape index (κ1) is 26.6. The number of H-pyrrole nitrogens is 1. The third-order valence-corrected chi connectivity index (χ3v) is 6.38. The molecular formula is C19H16Cl2F2N4O7S. The molecule has 0 atom stereocenters. The smallest absolute Gasteiger partial charge is 0.349 e. The summed E-state index contributed by atoms with van der Waals surface area (Å²) >= 11 is 12.4. The van der Waals surface area contributed by atoms with E-state index in [1.807, 2.05) is 0 Å². The second-order valence-corrected chi connectivity index (χ2v) is 9.27. The zero-order valence-corrected chi connectivity index (χ0v) is 19.9. The third kappa shape index (κ3) is 5.97. The van der Waals surface area contributed by atoms with E-state index in [-0.39, 0.29) is 40.4 Å². The van der Waals surface area contributed by atoms with Crippen LogP contribution in [0.3, 0.4) is 0 Å². The number of aromatic nitrogens is 3. The number of phenols is 1. The molecule has 0 radical (unpaired) electrons. The predicted molar refractivity (Wildman–Crippen MR) is 121 cm³/mol. The van der Waals surface area contributed by atoms with Gasteiger partial charge in [-0.3, -0.25) is 9.78 Å². The molecule has 2 aromatic carbocycles. The molecule has 0 saturated carbocycles. The van der Waals surface area contributed by atoms with E-state index in [0.717, 1.165) is 24.3 Å². The van der Waals surface area contributed by atoms with Gasteiger partial charge in [0.15, 0.2) is 11.4 Å². The van der Waals surface area contributed by atoms with Gasteiger partial charge < -0.3 is 14.6 Å². The summed E-state index contributed by atoms with van der Waals surface area (Å²) in [5, 5.41) is 12.9. The summed E-state index contributed by atoms with van der Waals surface area (Å²) in [6.07, 6.45) is -3.25. The fraction of sp³-hybridized carbons (Fsp3) is 0.211. The maximum absolute atomic E-state index is 13.0. The van der Waals surface area contributed by atoms with Gasteiger partial charge in [-0.25, -0.2) is 26.7 Å². The van der Waals surface area contributed by atoms with Crippen LogP contribution in [-0.4, -0.2) is 48.6 Å². The molecule has 0 bridgehead atoms. The van der Waals surface area contributed by atoms with Gasteiger partial charge in [-0.05, 0) is 24.3 Å². The maximum atomic E-state index is 13.0. The molecule has 16 heteroatoms. The number of halogens is 4. The molecule has 3 rings (SSSR count). The summed E-state index contributed by atoms with van der Waals surface area (Å²) in [5.41, 5.74) is -3.80. The van der Waals surface area contributed by atoms with Crippen molar-refractivity contribution in [3.63, 3.8) is 0 Å². The number of methoxy groups -OCH3 is 1. The van der Waals surface area contributed by atoms with Gasteiger partial charge in [0.25, 0.3) is 12.0 Å². The second-order valence-electron chi connectivity index (χ2n) is 6.72. The minimum atomic E-state index is -4.12. The van der Waals surface area contributed by atoms with E-state index in [0.29, 0.717) is 4.68 Å². The molecule has 0 unspecified atom stereocenters. The first-order valence-corrected chi connectivity index (χ1v) is 11.7. The lowest BCUT2D eigenvalue weighted by Crippen LogP contribution is -2.34. The zero-order valence-electron chi connectivity index (χ0n) is 17.6. The number of aromatic amines is 1. The number of hydrogen-bond acceptors (Lipinski definition) is 8. The van der Waals surface area contributed by atoms with Gasteiger partial charge in [0.05, 0.1) is 22.3 Å². The molecule has 0 aliphatic carbocycles. The normalized spacial score (nSPS) is 11.7. The molecule has 11 nitrogen and oxygen atoms in total.